The van der Waals surface area contributed by atoms with E-state index in [1.54, 1.807) is 0 Å². The van der Waals surface area contributed by atoms with Crippen molar-refractivity contribution in [1.82, 2.24) is 4.98 Å². The second-order valence-electron chi connectivity index (χ2n) is 6.53. The van der Waals surface area contributed by atoms with Gasteiger partial charge < -0.3 is 4.98 Å². The molecule has 5 aromatic rings. The first-order chi connectivity index (χ1) is 12.8. The van der Waals surface area contributed by atoms with Gasteiger partial charge in [0, 0.05) is 11.7 Å². The summed E-state index contributed by atoms with van der Waals surface area (Å²) in [5.74, 6) is -0.213. The molecule has 0 radical (unpaired) electrons. The lowest BCUT2D eigenvalue weighted by Gasteiger charge is -2.10. The molecular formula is C24H16FN. The Hall–Kier alpha value is -3.39. The Labute approximate surface area is 150 Å². The second-order valence-corrected chi connectivity index (χ2v) is 6.53. The van der Waals surface area contributed by atoms with Crippen LogP contribution in [-0.2, 0) is 0 Å². The van der Waals surface area contributed by atoms with Crippen molar-refractivity contribution in [2.75, 3.05) is 0 Å². The van der Waals surface area contributed by atoms with Gasteiger partial charge in [0.1, 0.15) is 5.82 Å². The first-order valence-electron chi connectivity index (χ1n) is 8.64. The molecule has 1 nitrogen and oxygen atoms in total. The molecule has 0 aliphatic heterocycles. The number of aromatic nitrogens is 1. The fourth-order valence-electron chi connectivity index (χ4n) is 3.57. The van der Waals surface area contributed by atoms with Crippen LogP contribution in [0.25, 0.3) is 43.9 Å². The molecular weight excluding hydrogens is 321 g/mol. The fraction of sp³-hybridized carbons (Fsp3) is 0. The van der Waals surface area contributed by atoms with Gasteiger partial charge in [-0.3, -0.25) is 0 Å². The summed E-state index contributed by atoms with van der Waals surface area (Å²) in [6, 6.07) is 28.0. The molecule has 4 aromatic carbocycles. The zero-order chi connectivity index (χ0) is 17.5. The number of fused-ring (bicyclic) bond motifs is 2. The Morgan fingerprint density at radius 3 is 2.27 bits per heavy atom. The number of halogens is 1. The Morgan fingerprint density at radius 1 is 0.615 bits per heavy atom. The highest BCUT2D eigenvalue weighted by Gasteiger charge is 2.07. The van der Waals surface area contributed by atoms with Crippen LogP contribution in [0.4, 0.5) is 4.39 Å². The first-order valence-corrected chi connectivity index (χ1v) is 8.64. The van der Waals surface area contributed by atoms with Gasteiger partial charge in [-0.15, -0.1) is 0 Å². The molecule has 0 unspecified atom stereocenters. The largest absolute Gasteiger partial charge is 0.361 e. The van der Waals surface area contributed by atoms with Gasteiger partial charge in [0.2, 0.25) is 0 Å². The minimum absolute atomic E-state index is 0.213. The lowest BCUT2D eigenvalue weighted by molar-refractivity contribution is 0.628. The third-order valence-electron chi connectivity index (χ3n) is 4.92. The van der Waals surface area contributed by atoms with Crippen LogP contribution < -0.4 is 0 Å². The average Bonchev–Trinajstić information content (AvgIpc) is 3.15. The van der Waals surface area contributed by atoms with Gasteiger partial charge in [0.05, 0.1) is 0 Å². The second kappa shape index (κ2) is 5.85. The molecule has 1 N–H and O–H groups in total. The summed E-state index contributed by atoms with van der Waals surface area (Å²) < 4.78 is 13.3. The molecule has 1 aromatic heterocycles. The van der Waals surface area contributed by atoms with E-state index in [-0.39, 0.29) is 5.82 Å². The Balaban J connectivity index is 1.70. The first kappa shape index (κ1) is 14.9. The van der Waals surface area contributed by atoms with Crippen LogP contribution in [0.3, 0.4) is 0 Å². The van der Waals surface area contributed by atoms with Gasteiger partial charge in [-0.05, 0) is 74.8 Å². The third kappa shape index (κ3) is 2.47. The predicted molar refractivity (Wildman–Crippen MR) is 107 cm³/mol. The van der Waals surface area contributed by atoms with Crippen LogP contribution in [0.15, 0.2) is 91.1 Å². The fourth-order valence-corrected chi connectivity index (χ4v) is 3.57. The minimum atomic E-state index is -0.213. The number of rotatable bonds is 2. The van der Waals surface area contributed by atoms with E-state index in [0.29, 0.717) is 0 Å². The molecule has 0 aliphatic rings. The molecule has 26 heavy (non-hydrogen) atoms. The molecule has 5 rings (SSSR count). The van der Waals surface area contributed by atoms with Gasteiger partial charge in [-0.25, -0.2) is 4.39 Å². The SMILES string of the molecule is Fc1ccc(-c2cccc3ccc(-c4ccc5[nH]ccc5c4)cc23)cc1. The quantitative estimate of drug-likeness (QED) is 0.365. The molecule has 0 aliphatic carbocycles. The van der Waals surface area contributed by atoms with Crippen LogP contribution >= 0.6 is 0 Å². The van der Waals surface area contributed by atoms with Gasteiger partial charge in [0.15, 0.2) is 0 Å². The monoisotopic (exact) mass is 337 g/mol. The topological polar surface area (TPSA) is 15.8 Å². The summed E-state index contributed by atoms with van der Waals surface area (Å²) >= 11 is 0. The number of aromatic amines is 1. The maximum absolute atomic E-state index is 13.3. The number of benzene rings is 4. The van der Waals surface area contributed by atoms with E-state index in [4.69, 9.17) is 0 Å². The molecule has 2 heteroatoms. The van der Waals surface area contributed by atoms with Gasteiger partial charge >= 0.3 is 0 Å². The summed E-state index contributed by atoms with van der Waals surface area (Å²) in [5.41, 5.74) is 5.65. The van der Waals surface area contributed by atoms with Crippen molar-refractivity contribution in [3.63, 3.8) is 0 Å². The number of hydrogen-bond acceptors (Lipinski definition) is 0. The van der Waals surface area contributed by atoms with Crippen molar-refractivity contribution in [3.8, 4) is 22.3 Å². The normalized spacial score (nSPS) is 11.3. The molecule has 0 bridgehead atoms. The number of hydrogen-bond donors (Lipinski definition) is 1. The zero-order valence-electron chi connectivity index (χ0n) is 14.0. The molecule has 1 heterocycles. The number of nitrogens with one attached hydrogen (secondary N) is 1. The zero-order valence-corrected chi connectivity index (χ0v) is 14.0. The molecule has 124 valence electrons. The Kier molecular flexibility index (Phi) is 3.36. The van der Waals surface area contributed by atoms with Gasteiger partial charge in [0.25, 0.3) is 0 Å². The highest BCUT2D eigenvalue weighted by molar-refractivity contribution is 5.99. The molecule has 0 spiro atoms. The maximum Gasteiger partial charge on any atom is 0.123 e. The minimum Gasteiger partial charge on any atom is -0.361 e. The van der Waals surface area contributed by atoms with Crippen molar-refractivity contribution in [3.05, 3.63) is 96.9 Å². The van der Waals surface area contributed by atoms with E-state index in [1.807, 2.05) is 24.4 Å². The predicted octanol–water partition coefficient (Wildman–Crippen LogP) is 6.79. The van der Waals surface area contributed by atoms with E-state index in [9.17, 15) is 4.39 Å². The van der Waals surface area contributed by atoms with Crippen molar-refractivity contribution in [2.45, 2.75) is 0 Å². The Morgan fingerprint density at radius 2 is 1.38 bits per heavy atom. The van der Waals surface area contributed by atoms with Crippen LogP contribution in [0.5, 0.6) is 0 Å². The standard InChI is InChI=1S/C24H16FN/c25-21-9-6-17(7-10-21)22-3-1-2-16-4-5-19(15-23(16)22)18-8-11-24-20(14-18)12-13-26-24/h1-15,26H. The Bertz CT molecular complexity index is 1230. The molecule has 0 atom stereocenters. The summed E-state index contributed by atoms with van der Waals surface area (Å²) in [7, 11) is 0. The highest BCUT2D eigenvalue weighted by atomic mass is 19.1. The molecule has 0 amide bonds. The molecule has 0 saturated carbocycles. The summed E-state index contributed by atoms with van der Waals surface area (Å²) in [5, 5.41) is 3.55. The summed E-state index contributed by atoms with van der Waals surface area (Å²) in [4.78, 5) is 3.23. The van der Waals surface area contributed by atoms with Crippen LogP contribution in [0.1, 0.15) is 0 Å². The van der Waals surface area contributed by atoms with Crippen molar-refractivity contribution < 1.29 is 4.39 Å². The van der Waals surface area contributed by atoms with E-state index in [2.05, 4.69) is 59.6 Å². The molecule has 0 fully saturated rings. The van der Waals surface area contributed by atoms with E-state index >= 15 is 0 Å². The third-order valence-corrected chi connectivity index (χ3v) is 4.92. The van der Waals surface area contributed by atoms with Gasteiger partial charge in [-0.1, -0.05) is 48.5 Å². The maximum atomic E-state index is 13.3. The lowest BCUT2D eigenvalue weighted by Crippen LogP contribution is -1.84. The van der Waals surface area contributed by atoms with E-state index in [0.717, 1.165) is 16.6 Å². The van der Waals surface area contributed by atoms with Crippen molar-refractivity contribution in [1.29, 1.82) is 0 Å². The van der Waals surface area contributed by atoms with E-state index < -0.39 is 0 Å². The smallest absolute Gasteiger partial charge is 0.123 e. The average molecular weight is 337 g/mol. The summed E-state index contributed by atoms with van der Waals surface area (Å²) in [6.07, 6.45) is 1.96. The highest BCUT2D eigenvalue weighted by Crippen LogP contribution is 2.33. The summed E-state index contributed by atoms with van der Waals surface area (Å²) in [6.45, 7) is 0. The van der Waals surface area contributed by atoms with E-state index in [1.165, 1.54) is 39.4 Å². The van der Waals surface area contributed by atoms with Crippen molar-refractivity contribution in [2.24, 2.45) is 0 Å². The van der Waals surface area contributed by atoms with Gasteiger partial charge in [-0.2, -0.15) is 0 Å². The van der Waals surface area contributed by atoms with Crippen LogP contribution in [0.2, 0.25) is 0 Å². The lowest BCUT2D eigenvalue weighted by atomic mass is 9.94. The molecule has 0 saturated heterocycles. The van der Waals surface area contributed by atoms with Crippen LogP contribution in [0, 0.1) is 5.82 Å². The van der Waals surface area contributed by atoms with Crippen molar-refractivity contribution >= 4 is 21.7 Å². The number of H-pyrrole nitrogens is 1. The van der Waals surface area contributed by atoms with Crippen LogP contribution in [-0.4, -0.2) is 4.98 Å².